The number of hydrogen-bond acceptors (Lipinski definition) is 2. The third-order valence-electron chi connectivity index (χ3n) is 5.86. The van der Waals surface area contributed by atoms with Gasteiger partial charge in [-0.05, 0) is 37.2 Å². The van der Waals surface area contributed by atoms with Crippen molar-refractivity contribution in [2.24, 2.45) is 5.92 Å². The van der Waals surface area contributed by atoms with Crippen molar-refractivity contribution in [2.45, 2.75) is 63.8 Å². The predicted molar refractivity (Wildman–Crippen MR) is 87.8 cm³/mol. The normalized spacial score (nSPS) is 28.3. The molecule has 2 aliphatic rings. The van der Waals surface area contributed by atoms with E-state index in [1.807, 2.05) is 0 Å². The Hall–Kier alpha value is -1.64. The van der Waals surface area contributed by atoms with Gasteiger partial charge in [-0.3, -0.25) is 0 Å². The first kappa shape index (κ1) is 14.0. The van der Waals surface area contributed by atoms with Crippen LogP contribution >= 0.6 is 0 Å². The second kappa shape index (κ2) is 5.53. The Morgan fingerprint density at radius 3 is 2.59 bits per heavy atom. The van der Waals surface area contributed by atoms with E-state index in [-0.39, 0.29) is 5.41 Å². The molecule has 0 N–H and O–H groups in total. The molecule has 4 rings (SSSR count). The topological polar surface area (TPSA) is 30.7 Å². The molecular weight excluding hydrogens is 270 g/mol. The zero-order valence-electron chi connectivity index (χ0n) is 13.5. The highest BCUT2D eigenvalue weighted by Crippen LogP contribution is 2.52. The van der Waals surface area contributed by atoms with Gasteiger partial charge in [-0.15, -0.1) is 10.2 Å². The van der Waals surface area contributed by atoms with Crippen molar-refractivity contribution in [1.82, 2.24) is 14.8 Å². The Morgan fingerprint density at radius 1 is 1.05 bits per heavy atom. The number of nitrogens with zero attached hydrogens (tertiary/aromatic N) is 3. The fraction of sp³-hybridized carbons (Fsp3) is 0.579. The Morgan fingerprint density at radius 2 is 1.86 bits per heavy atom. The molecule has 2 atom stereocenters. The quantitative estimate of drug-likeness (QED) is 0.834. The second-order valence-electron chi connectivity index (χ2n) is 7.03. The van der Waals surface area contributed by atoms with Crippen LogP contribution in [-0.4, -0.2) is 14.8 Å². The van der Waals surface area contributed by atoms with Crippen LogP contribution in [0, 0.1) is 5.92 Å². The summed E-state index contributed by atoms with van der Waals surface area (Å²) < 4.78 is 2.46. The molecule has 116 valence electrons. The minimum atomic E-state index is 0.0890. The summed E-state index contributed by atoms with van der Waals surface area (Å²) >= 11 is 0. The summed E-state index contributed by atoms with van der Waals surface area (Å²) in [5.74, 6) is 3.09. The van der Waals surface area contributed by atoms with Crippen molar-refractivity contribution in [1.29, 1.82) is 0 Å². The van der Waals surface area contributed by atoms with E-state index in [4.69, 9.17) is 5.10 Å². The smallest absolute Gasteiger partial charge is 0.143 e. The lowest BCUT2D eigenvalue weighted by Crippen LogP contribution is -2.46. The highest BCUT2D eigenvalue weighted by Gasteiger charge is 2.50. The predicted octanol–water partition coefficient (Wildman–Crippen LogP) is 4.11. The summed E-state index contributed by atoms with van der Waals surface area (Å²) in [6.45, 7) is 3.47. The molecule has 0 amide bonds. The molecule has 1 aliphatic heterocycles. The van der Waals surface area contributed by atoms with Gasteiger partial charge in [0.25, 0.3) is 0 Å². The summed E-state index contributed by atoms with van der Waals surface area (Å²) in [4.78, 5) is 0. The van der Waals surface area contributed by atoms with Gasteiger partial charge in [-0.2, -0.15) is 0 Å². The van der Waals surface area contributed by atoms with E-state index >= 15 is 0 Å². The van der Waals surface area contributed by atoms with Gasteiger partial charge in [-0.1, -0.05) is 50.1 Å². The van der Waals surface area contributed by atoms with Crippen LogP contribution in [0.5, 0.6) is 0 Å². The van der Waals surface area contributed by atoms with Crippen LogP contribution < -0.4 is 0 Å². The van der Waals surface area contributed by atoms with E-state index in [9.17, 15) is 0 Å². The average Bonchev–Trinajstić information content (AvgIpc) is 2.89. The van der Waals surface area contributed by atoms with Crippen molar-refractivity contribution in [3.05, 3.63) is 47.5 Å². The number of hydrogen-bond donors (Lipinski definition) is 0. The van der Waals surface area contributed by atoms with Crippen molar-refractivity contribution >= 4 is 0 Å². The molecule has 1 aliphatic carbocycles. The molecule has 3 nitrogen and oxygen atoms in total. The van der Waals surface area contributed by atoms with Gasteiger partial charge in [0.15, 0.2) is 0 Å². The van der Waals surface area contributed by atoms with Gasteiger partial charge >= 0.3 is 0 Å². The van der Waals surface area contributed by atoms with E-state index in [0.29, 0.717) is 5.92 Å². The van der Waals surface area contributed by atoms with Crippen LogP contribution in [0.4, 0.5) is 0 Å². The summed E-state index contributed by atoms with van der Waals surface area (Å²) in [7, 11) is 0. The van der Waals surface area contributed by atoms with E-state index in [1.54, 1.807) is 0 Å². The van der Waals surface area contributed by atoms with E-state index in [0.717, 1.165) is 13.0 Å². The van der Waals surface area contributed by atoms with Crippen molar-refractivity contribution < 1.29 is 0 Å². The Kier molecular flexibility index (Phi) is 3.51. The second-order valence-corrected chi connectivity index (χ2v) is 7.03. The molecule has 3 heteroatoms. The maximum absolute atomic E-state index is 4.72. The summed E-state index contributed by atoms with van der Waals surface area (Å²) in [5, 5.41) is 9.29. The summed E-state index contributed by atoms with van der Waals surface area (Å²) in [6.07, 6.45) is 8.77. The maximum atomic E-state index is 4.72. The van der Waals surface area contributed by atoms with E-state index < -0.39 is 0 Å². The largest absolute Gasteiger partial charge is 0.314 e. The van der Waals surface area contributed by atoms with Crippen LogP contribution in [0.15, 0.2) is 30.3 Å². The molecule has 0 radical (unpaired) electrons. The van der Waals surface area contributed by atoms with Gasteiger partial charge < -0.3 is 4.57 Å². The highest BCUT2D eigenvalue weighted by molar-refractivity contribution is 5.37. The molecule has 1 fully saturated rings. The van der Waals surface area contributed by atoms with Gasteiger partial charge in [-0.25, -0.2) is 0 Å². The molecule has 0 spiro atoms. The van der Waals surface area contributed by atoms with Crippen LogP contribution in [0.3, 0.4) is 0 Å². The molecule has 2 heterocycles. The fourth-order valence-corrected chi connectivity index (χ4v) is 4.34. The molecule has 0 bridgehead atoms. The van der Waals surface area contributed by atoms with Crippen molar-refractivity contribution in [3.63, 3.8) is 0 Å². The van der Waals surface area contributed by atoms with Crippen LogP contribution in [0.1, 0.15) is 62.7 Å². The molecule has 1 aromatic heterocycles. The minimum absolute atomic E-state index is 0.0890. The molecule has 2 aromatic rings. The summed E-state index contributed by atoms with van der Waals surface area (Å²) in [5.41, 5.74) is 1.51. The van der Waals surface area contributed by atoms with Crippen LogP contribution in [0.2, 0.25) is 0 Å². The van der Waals surface area contributed by atoms with Crippen LogP contribution in [0.25, 0.3) is 0 Å². The van der Waals surface area contributed by atoms with Crippen molar-refractivity contribution in [2.75, 3.05) is 0 Å². The van der Waals surface area contributed by atoms with Gasteiger partial charge in [0.2, 0.25) is 0 Å². The molecule has 2 unspecified atom stereocenters. The van der Waals surface area contributed by atoms with Crippen molar-refractivity contribution in [3.8, 4) is 0 Å². The minimum Gasteiger partial charge on any atom is -0.314 e. The highest BCUT2D eigenvalue weighted by atomic mass is 15.3. The third kappa shape index (κ3) is 2.02. The average molecular weight is 295 g/mol. The number of aryl methyl sites for hydroxylation is 1. The Balaban J connectivity index is 1.82. The molecule has 1 aromatic carbocycles. The SMILES string of the molecule is CC1CCC1(c1ccccc1)c1nnc2n1CCCCCC2. The van der Waals surface area contributed by atoms with Gasteiger partial charge in [0.05, 0.1) is 5.41 Å². The molecule has 0 saturated heterocycles. The zero-order chi connectivity index (χ0) is 15.0. The molecule has 1 saturated carbocycles. The molecule has 22 heavy (non-hydrogen) atoms. The number of aromatic nitrogens is 3. The fourth-order valence-electron chi connectivity index (χ4n) is 4.34. The lowest BCUT2D eigenvalue weighted by atomic mass is 9.57. The van der Waals surface area contributed by atoms with E-state index in [2.05, 4.69) is 46.9 Å². The standard InChI is InChI=1S/C19H25N3/c1-15-12-13-19(15,16-9-5-4-6-10-16)18-21-20-17-11-7-2-3-8-14-22(17)18/h4-6,9-10,15H,2-3,7-8,11-14H2,1H3. The first-order valence-electron chi connectivity index (χ1n) is 8.80. The number of fused-ring (bicyclic) bond motifs is 1. The monoisotopic (exact) mass is 295 g/mol. The first-order valence-corrected chi connectivity index (χ1v) is 8.80. The van der Waals surface area contributed by atoms with Gasteiger partial charge in [0.1, 0.15) is 11.6 Å². The Labute approximate surface area is 132 Å². The maximum Gasteiger partial charge on any atom is 0.143 e. The molecular formula is C19H25N3. The number of benzene rings is 1. The lowest BCUT2D eigenvalue weighted by molar-refractivity contribution is 0.165. The van der Waals surface area contributed by atoms with E-state index in [1.165, 1.54) is 55.7 Å². The third-order valence-corrected chi connectivity index (χ3v) is 5.86. The zero-order valence-corrected chi connectivity index (χ0v) is 13.5. The van der Waals surface area contributed by atoms with Crippen LogP contribution in [-0.2, 0) is 18.4 Å². The lowest BCUT2D eigenvalue weighted by Gasteiger charge is -2.48. The number of rotatable bonds is 2. The summed E-state index contributed by atoms with van der Waals surface area (Å²) in [6, 6.07) is 11.0. The Bertz CT molecular complexity index is 646. The van der Waals surface area contributed by atoms with Gasteiger partial charge in [0, 0.05) is 13.0 Å². The first-order chi connectivity index (χ1) is 10.8.